The molecule has 0 aromatic heterocycles. The van der Waals surface area contributed by atoms with E-state index in [9.17, 15) is 19.1 Å². The van der Waals surface area contributed by atoms with Crippen LogP contribution in [0.4, 0.5) is 10.1 Å². The second-order valence-corrected chi connectivity index (χ2v) is 4.81. The van der Waals surface area contributed by atoms with E-state index in [1.165, 1.54) is 19.1 Å². The van der Waals surface area contributed by atoms with Gasteiger partial charge in [-0.3, -0.25) is 4.79 Å². The van der Waals surface area contributed by atoms with Gasteiger partial charge in [0, 0.05) is 33.1 Å². The Morgan fingerprint density at radius 2 is 1.95 bits per heavy atom. The largest absolute Gasteiger partial charge is 0.478 e. The minimum Gasteiger partial charge on any atom is -0.478 e. The summed E-state index contributed by atoms with van der Waals surface area (Å²) in [4.78, 5) is 26.2. The third kappa shape index (κ3) is 3.07. The summed E-state index contributed by atoms with van der Waals surface area (Å²) in [6.45, 7) is 3.93. The molecular formula is C14H17FN2O3. The molecule has 1 fully saturated rings. The fraction of sp³-hybridized carbons (Fsp3) is 0.429. The smallest absolute Gasteiger partial charge is 0.337 e. The Bertz CT molecular complexity index is 533. The zero-order valence-corrected chi connectivity index (χ0v) is 11.3. The van der Waals surface area contributed by atoms with Crippen LogP contribution < -0.4 is 4.90 Å². The lowest BCUT2D eigenvalue weighted by Crippen LogP contribution is -2.34. The molecule has 1 aliphatic heterocycles. The van der Waals surface area contributed by atoms with E-state index in [1.807, 2.05) is 4.90 Å². The highest BCUT2D eigenvalue weighted by Crippen LogP contribution is 2.23. The number of anilines is 1. The number of aromatic carboxylic acids is 1. The molecule has 0 atom stereocenters. The highest BCUT2D eigenvalue weighted by molar-refractivity contribution is 5.94. The molecule has 1 aromatic carbocycles. The van der Waals surface area contributed by atoms with Crippen molar-refractivity contribution in [2.24, 2.45) is 0 Å². The molecule has 0 unspecified atom stereocenters. The van der Waals surface area contributed by atoms with E-state index in [1.54, 1.807) is 4.90 Å². The fourth-order valence-corrected chi connectivity index (χ4v) is 2.43. The van der Waals surface area contributed by atoms with Gasteiger partial charge in [-0.2, -0.15) is 0 Å². The van der Waals surface area contributed by atoms with Crippen LogP contribution in [0.3, 0.4) is 0 Å². The van der Waals surface area contributed by atoms with E-state index >= 15 is 0 Å². The van der Waals surface area contributed by atoms with E-state index in [4.69, 9.17) is 0 Å². The number of carbonyl (C=O) groups is 2. The van der Waals surface area contributed by atoms with E-state index in [-0.39, 0.29) is 11.5 Å². The Morgan fingerprint density at radius 1 is 1.20 bits per heavy atom. The van der Waals surface area contributed by atoms with Crippen LogP contribution in [0.25, 0.3) is 0 Å². The van der Waals surface area contributed by atoms with Crippen LogP contribution in [0, 0.1) is 5.82 Å². The second-order valence-electron chi connectivity index (χ2n) is 4.81. The molecule has 0 aliphatic carbocycles. The molecule has 0 bridgehead atoms. The Balaban J connectivity index is 2.23. The maximum atomic E-state index is 13.2. The molecule has 0 saturated carbocycles. The van der Waals surface area contributed by atoms with Gasteiger partial charge in [0.15, 0.2) is 0 Å². The first-order chi connectivity index (χ1) is 9.49. The minimum atomic E-state index is -1.15. The zero-order chi connectivity index (χ0) is 14.7. The van der Waals surface area contributed by atoms with Gasteiger partial charge in [0.1, 0.15) is 5.82 Å². The molecule has 0 radical (unpaired) electrons. The average Bonchev–Trinajstić information content (AvgIpc) is 2.64. The van der Waals surface area contributed by atoms with Crippen molar-refractivity contribution in [3.8, 4) is 0 Å². The summed E-state index contributed by atoms with van der Waals surface area (Å²) in [7, 11) is 0. The molecule has 1 aliphatic rings. The maximum Gasteiger partial charge on any atom is 0.337 e. The van der Waals surface area contributed by atoms with Gasteiger partial charge in [-0.25, -0.2) is 9.18 Å². The van der Waals surface area contributed by atoms with E-state index in [0.29, 0.717) is 31.9 Å². The van der Waals surface area contributed by atoms with E-state index in [0.717, 1.165) is 12.5 Å². The van der Waals surface area contributed by atoms with Crippen molar-refractivity contribution in [3.05, 3.63) is 29.6 Å². The van der Waals surface area contributed by atoms with Crippen LogP contribution in [0.1, 0.15) is 23.7 Å². The number of amides is 1. The maximum absolute atomic E-state index is 13.2. The summed E-state index contributed by atoms with van der Waals surface area (Å²) in [5.41, 5.74) is 0.463. The molecule has 0 spiro atoms. The minimum absolute atomic E-state index is 0.0180. The van der Waals surface area contributed by atoms with Crippen LogP contribution in [0.15, 0.2) is 18.2 Å². The van der Waals surface area contributed by atoms with E-state index < -0.39 is 11.8 Å². The molecular weight excluding hydrogens is 263 g/mol. The van der Waals surface area contributed by atoms with Crippen LogP contribution in [0.2, 0.25) is 0 Å². The first kappa shape index (κ1) is 14.3. The molecule has 2 rings (SSSR count). The van der Waals surface area contributed by atoms with Crippen molar-refractivity contribution in [1.29, 1.82) is 0 Å². The summed E-state index contributed by atoms with van der Waals surface area (Å²) in [6.07, 6.45) is 0.760. The van der Waals surface area contributed by atoms with Crippen LogP contribution >= 0.6 is 0 Å². The molecule has 20 heavy (non-hydrogen) atoms. The molecule has 108 valence electrons. The van der Waals surface area contributed by atoms with Gasteiger partial charge < -0.3 is 14.9 Å². The van der Waals surface area contributed by atoms with Crippen molar-refractivity contribution in [2.45, 2.75) is 13.3 Å². The molecule has 6 heteroatoms. The van der Waals surface area contributed by atoms with Gasteiger partial charge in [0.2, 0.25) is 5.91 Å². The summed E-state index contributed by atoms with van der Waals surface area (Å²) < 4.78 is 13.2. The third-order valence-corrected chi connectivity index (χ3v) is 3.47. The van der Waals surface area contributed by atoms with Crippen LogP contribution in [0.5, 0.6) is 0 Å². The number of halogens is 1. The molecule has 1 N–H and O–H groups in total. The normalized spacial score (nSPS) is 15.9. The number of benzene rings is 1. The molecule has 1 aromatic rings. The fourth-order valence-electron chi connectivity index (χ4n) is 2.43. The third-order valence-electron chi connectivity index (χ3n) is 3.47. The van der Waals surface area contributed by atoms with Gasteiger partial charge in [-0.05, 0) is 24.6 Å². The number of hydrogen-bond donors (Lipinski definition) is 1. The monoisotopic (exact) mass is 280 g/mol. The Kier molecular flexibility index (Phi) is 4.22. The summed E-state index contributed by atoms with van der Waals surface area (Å²) in [5.74, 6) is -1.69. The lowest BCUT2D eigenvalue weighted by atomic mass is 10.1. The molecule has 1 saturated heterocycles. The van der Waals surface area contributed by atoms with Crippen molar-refractivity contribution >= 4 is 17.6 Å². The quantitative estimate of drug-likeness (QED) is 0.893. The predicted octanol–water partition coefficient (Wildman–Crippen LogP) is 1.58. The zero-order valence-electron chi connectivity index (χ0n) is 11.3. The van der Waals surface area contributed by atoms with Gasteiger partial charge in [-0.15, -0.1) is 0 Å². The Hall–Kier alpha value is -2.11. The van der Waals surface area contributed by atoms with Gasteiger partial charge in [0.25, 0.3) is 0 Å². The molecule has 5 nitrogen and oxygen atoms in total. The Morgan fingerprint density at radius 3 is 2.60 bits per heavy atom. The first-order valence-corrected chi connectivity index (χ1v) is 6.52. The predicted molar refractivity (Wildman–Crippen MR) is 72.4 cm³/mol. The lowest BCUT2D eigenvalue weighted by molar-refractivity contribution is -0.128. The van der Waals surface area contributed by atoms with Gasteiger partial charge >= 0.3 is 5.97 Å². The molecule has 1 amide bonds. The summed E-state index contributed by atoms with van der Waals surface area (Å²) in [5, 5.41) is 9.17. The average molecular weight is 280 g/mol. The topological polar surface area (TPSA) is 60.9 Å². The standard InChI is InChI=1S/C14H17FN2O3/c1-10(18)16-5-2-6-17(8-7-16)13-4-3-11(15)9-12(13)14(19)20/h3-4,9H,2,5-8H2,1H3,(H,19,20). The number of nitrogens with zero attached hydrogens (tertiary/aromatic N) is 2. The van der Waals surface area contributed by atoms with Crippen molar-refractivity contribution in [3.63, 3.8) is 0 Å². The van der Waals surface area contributed by atoms with Crippen LogP contribution in [-0.2, 0) is 4.79 Å². The van der Waals surface area contributed by atoms with Crippen LogP contribution in [-0.4, -0.2) is 48.1 Å². The highest BCUT2D eigenvalue weighted by atomic mass is 19.1. The van der Waals surface area contributed by atoms with Crippen molar-refractivity contribution in [2.75, 3.05) is 31.1 Å². The number of carbonyl (C=O) groups excluding carboxylic acids is 1. The van der Waals surface area contributed by atoms with Crippen molar-refractivity contribution < 1.29 is 19.1 Å². The lowest BCUT2D eigenvalue weighted by Gasteiger charge is -2.24. The number of carboxylic acids is 1. The molecule has 1 heterocycles. The number of carboxylic acid groups (broad SMARTS) is 1. The SMILES string of the molecule is CC(=O)N1CCCN(c2ccc(F)cc2C(=O)O)CC1. The summed E-state index contributed by atoms with van der Waals surface area (Å²) >= 11 is 0. The number of rotatable bonds is 2. The van der Waals surface area contributed by atoms with Gasteiger partial charge in [-0.1, -0.05) is 0 Å². The second kappa shape index (κ2) is 5.90. The first-order valence-electron chi connectivity index (χ1n) is 6.52. The highest BCUT2D eigenvalue weighted by Gasteiger charge is 2.21. The van der Waals surface area contributed by atoms with E-state index in [2.05, 4.69) is 0 Å². The van der Waals surface area contributed by atoms with Gasteiger partial charge in [0.05, 0.1) is 11.3 Å². The van der Waals surface area contributed by atoms with Crippen molar-refractivity contribution in [1.82, 2.24) is 4.90 Å². The number of hydrogen-bond acceptors (Lipinski definition) is 3. The summed E-state index contributed by atoms with van der Waals surface area (Å²) in [6, 6.07) is 3.78. The Labute approximate surface area is 116 Å².